The lowest BCUT2D eigenvalue weighted by molar-refractivity contribution is -0.137. The third kappa shape index (κ3) is 2.52. The van der Waals surface area contributed by atoms with Crippen LogP contribution in [0.25, 0.3) is 11.4 Å². The van der Waals surface area contributed by atoms with Crippen molar-refractivity contribution in [3.8, 4) is 11.4 Å². The van der Waals surface area contributed by atoms with Crippen LogP contribution in [-0.2, 0) is 13.2 Å². The van der Waals surface area contributed by atoms with Crippen LogP contribution in [0.1, 0.15) is 5.56 Å². The Morgan fingerprint density at radius 1 is 1.18 bits per heavy atom. The lowest BCUT2D eigenvalue weighted by Crippen LogP contribution is -2.04. The van der Waals surface area contributed by atoms with E-state index in [1.165, 1.54) is 12.1 Å². The average molecular weight is 305 g/mol. The van der Waals surface area contributed by atoms with Crippen LogP contribution in [0.15, 0.2) is 35.1 Å². The number of alkyl halides is 3. The molecule has 0 spiro atoms. The van der Waals surface area contributed by atoms with Crippen molar-refractivity contribution in [3.05, 3.63) is 40.6 Å². The number of hydrogen-bond donors (Lipinski definition) is 0. The van der Waals surface area contributed by atoms with Gasteiger partial charge in [0, 0.05) is 18.8 Å². The maximum Gasteiger partial charge on any atom is 0.416 e. The first-order valence-corrected chi connectivity index (χ1v) is 5.54. The molecule has 0 atom stereocenters. The summed E-state index contributed by atoms with van der Waals surface area (Å²) in [5.74, 6) is 0.616. The summed E-state index contributed by atoms with van der Waals surface area (Å²) in [6.45, 7) is 0. The van der Waals surface area contributed by atoms with Gasteiger partial charge in [0.05, 0.1) is 5.56 Å². The summed E-state index contributed by atoms with van der Waals surface area (Å²) in [5.41, 5.74) is -0.0132. The molecule has 0 amide bonds. The Hall–Kier alpha value is -1.30. The maximum atomic E-state index is 12.4. The fourth-order valence-electron chi connectivity index (χ4n) is 1.51. The van der Waals surface area contributed by atoms with E-state index in [1.54, 1.807) is 17.8 Å². The van der Waals surface area contributed by atoms with E-state index in [0.717, 1.165) is 12.1 Å². The Balaban J connectivity index is 2.39. The Bertz CT molecular complexity index is 529. The zero-order chi connectivity index (χ0) is 12.6. The minimum atomic E-state index is -4.30. The highest BCUT2D eigenvalue weighted by Crippen LogP contribution is 2.30. The summed E-state index contributed by atoms with van der Waals surface area (Å²) in [5, 5.41) is 0. The number of imidazole rings is 1. The van der Waals surface area contributed by atoms with Crippen molar-refractivity contribution in [2.45, 2.75) is 6.18 Å². The Morgan fingerprint density at radius 2 is 1.76 bits per heavy atom. The number of aryl methyl sites for hydroxylation is 1. The highest BCUT2D eigenvalue weighted by molar-refractivity contribution is 9.10. The van der Waals surface area contributed by atoms with Gasteiger partial charge >= 0.3 is 6.18 Å². The normalized spacial score (nSPS) is 11.8. The van der Waals surface area contributed by atoms with Crippen LogP contribution in [-0.4, -0.2) is 9.55 Å². The van der Waals surface area contributed by atoms with Crippen LogP contribution in [0.2, 0.25) is 0 Å². The van der Waals surface area contributed by atoms with Gasteiger partial charge < -0.3 is 4.57 Å². The highest BCUT2D eigenvalue weighted by Gasteiger charge is 2.30. The van der Waals surface area contributed by atoms with Gasteiger partial charge in [0.15, 0.2) is 0 Å². The van der Waals surface area contributed by atoms with Crippen LogP contribution in [0.4, 0.5) is 13.2 Å². The van der Waals surface area contributed by atoms with E-state index in [1.807, 2.05) is 0 Å². The third-order valence-electron chi connectivity index (χ3n) is 2.32. The second-order valence-corrected chi connectivity index (χ2v) is 4.39. The molecule has 0 aliphatic carbocycles. The standard InChI is InChI=1S/C11H8BrF3N2/c1-17-6-9(12)16-10(17)7-2-4-8(5-3-7)11(13,14)15/h2-6H,1H3. The zero-order valence-electron chi connectivity index (χ0n) is 8.79. The van der Waals surface area contributed by atoms with Crippen molar-refractivity contribution < 1.29 is 13.2 Å². The quantitative estimate of drug-likeness (QED) is 0.782. The Morgan fingerprint density at radius 3 is 2.18 bits per heavy atom. The summed E-state index contributed by atoms with van der Waals surface area (Å²) >= 11 is 3.21. The van der Waals surface area contributed by atoms with Crippen molar-refractivity contribution in [1.82, 2.24) is 9.55 Å². The molecule has 17 heavy (non-hydrogen) atoms. The molecule has 2 nitrogen and oxygen atoms in total. The summed E-state index contributed by atoms with van der Waals surface area (Å²) in [4.78, 5) is 4.17. The fraction of sp³-hybridized carbons (Fsp3) is 0.182. The number of halogens is 4. The van der Waals surface area contributed by atoms with E-state index < -0.39 is 11.7 Å². The summed E-state index contributed by atoms with van der Waals surface area (Å²) in [6, 6.07) is 4.94. The molecule has 1 heterocycles. The molecule has 1 aromatic carbocycles. The van der Waals surface area contributed by atoms with Crippen LogP contribution in [0, 0.1) is 0 Å². The second kappa shape index (κ2) is 4.18. The molecule has 0 bridgehead atoms. The van der Waals surface area contributed by atoms with Gasteiger partial charge in [-0.15, -0.1) is 0 Å². The minimum Gasteiger partial charge on any atom is -0.333 e. The van der Waals surface area contributed by atoms with E-state index in [9.17, 15) is 13.2 Å². The third-order valence-corrected chi connectivity index (χ3v) is 2.70. The van der Waals surface area contributed by atoms with Gasteiger partial charge in [0.25, 0.3) is 0 Å². The van der Waals surface area contributed by atoms with Crippen molar-refractivity contribution in [2.75, 3.05) is 0 Å². The first-order chi connectivity index (χ1) is 7.88. The van der Waals surface area contributed by atoms with Gasteiger partial charge in [-0.1, -0.05) is 12.1 Å². The van der Waals surface area contributed by atoms with Crippen molar-refractivity contribution in [2.24, 2.45) is 7.05 Å². The van der Waals surface area contributed by atoms with Crippen molar-refractivity contribution in [1.29, 1.82) is 0 Å². The molecule has 0 aliphatic heterocycles. The molecule has 6 heteroatoms. The largest absolute Gasteiger partial charge is 0.416 e. The fourth-order valence-corrected chi connectivity index (χ4v) is 1.98. The zero-order valence-corrected chi connectivity index (χ0v) is 10.4. The van der Waals surface area contributed by atoms with E-state index in [4.69, 9.17) is 0 Å². The minimum absolute atomic E-state index is 0.616. The Labute approximate surface area is 104 Å². The second-order valence-electron chi connectivity index (χ2n) is 3.57. The van der Waals surface area contributed by atoms with Gasteiger partial charge in [-0.05, 0) is 28.1 Å². The van der Waals surface area contributed by atoms with Crippen LogP contribution in [0.3, 0.4) is 0 Å². The molecule has 0 saturated heterocycles. The van der Waals surface area contributed by atoms with E-state index >= 15 is 0 Å². The molecule has 2 rings (SSSR count). The smallest absolute Gasteiger partial charge is 0.333 e. The Kier molecular flexibility index (Phi) is 2.99. The molecule has 0 N–H and O–H groups in total. The molecular weight excluding hydrogens is 297 g/mol. The van der Waals surface area contributed by atoms with Crippen molar-refractivity contribution >= 4 is 15.9 Å². The van der Waals surface area contributed by atoms with E-state index in [2.05, 4.69) is 20.9 Å². The maximum absolute atomic E-state index is 12.4. The predicted molar refractivity (Wildman–Crippen MR) is 61.3 cm³/mol. The van der Waals surface area contributed by atoms with Gasteiger partial charge in [-0.2, -0.15) is 13.2 Å². The number of rotatable bonds is 1. The molecule has 0 aliphatic rings. The van der Waals surface area contributed by atoms with Crippen LogP contribution in [0.5, 0.6) is 0 Å². The number of hydrogen-bond acceptors (Lipinski definition) is 1. The van der Waals surface area contributed by atoms with Gasteiger partial charge in [0.2, 0.25) is 0 Å². The van der Waals surface area contributed by atoms with Crippen molar-refractivity contribution in [3.63, 3.8) is 0 Å². The molecule has 0 fully saturated rings. The van der Waals surface area contributed by atoms with Gasteiger partial charge in [-0.3, -0.25) is 0 Å². The molecule has 1 aromatic heterocycles. The number of aromatic nitrogens is 2. The topological polar surface area (TPSA) is 17.8 Å². The number of benzene rings is 1. The molecule has 0 radical (unpaired) electrons. The van der Waals surface area contributed by atoms with Gasteiger partial charge in [0.1, 0.15) is 10.4 Å². The van der Waals surface area contributed by atoms with Crippen LogP contribution < -0.4 is 0 Å². The highest BCUT2D eigenvalue weighted by atomic mass is 79.9. The molecule has 2 aromatic rings. The molecule has 0 saturated carbocycles. The van der Waals surface area contributed by atoms with E-state index in [0.29, 0.717) is 16.0 Å². The summed E-state index contributed by atoms with van der Waals surface area (Å²) < 4.78 is 39.5. The van der Waals surface area contributed by atoms with E-state index in [-0.39, 0.29) is 0 Å². The first-order valence-electron chi connectivity index (χ1n) is 4.74. The summed E-state index contributed by atoms with van der Waals surface area (Å²) in [6.07, 6.45) is -2.56. The molecular formula is C11H8BrF3N2. The van der Waals surface area contributed by atoms with Crippen LogP contribution >= 0.6 is 15.9 Å². The average Bonchev–Trinajstić information content (AvgIpc) is 2.57. The number of nitrogens with zero attached hydrogens (tertiary/aromatic N) is 2. The lowest BCUT2D eigenvalue weighted by Gasteiger charge is -2.07. The predicted octanol–water partition coefficient (Wildman–Crippen LogP) is 3.87. The molecule has 0 unspecified atom stereocenters. The lowest BCUT2D eigenvalue weighted by atomic mass is 10.1. The first kappa shape index (κ1) is 12.2. The monoisotopic (exact) mass is 304 g/mol. The molecule has 90 valence electrons. The van der Waals surface area contributed by atoms with Gasteiger partial charge in [-0.25, -0.2) is 4.98 Å². The summed E-state index contributed by atoms with van der Waals surface area (Å²) in [7, 11) is 1.78. The SMILES string of the molecule is Cn1cc(Br)nc1-c1ccc(C(F)(F)F)cc1.